The van der Waals surface area contributed by atoms with Crippen molar-refractivity contribution in [1.82, 2.24) is 10.2 Å². The number of halogens is 2. The van der Waals surface area contributed by atoms with E-state index in [1.54, 1.807) is 4.90 Å². The molecule has 1 N–H and O–H groups in total. The van der Waals surface area contributed by atoms with Crippen molar-refractivity contribution in [3.8, 4) is 0 Å². The van der Waals surface area contributed by atoms with E-state index in [2.05, 4.69) is 10.3 Å². The molecule has 1 saturated carbocycles. The van der Waals surface area contributed by atoms with Crippen molar-refractivity contribution in [2.24, 2.45) is 4.99 Å². The molecule has 1 fully saturated rings. The molecule has 1 heterocycles. The molecule has 1 amide bonds. The van der Waals surface area contributed by atoms with Crippen LogP contribution in [0.25, 0.3) is 0 Å². The van der Waals surface area contributed by atoms with Crippen LogP contribution >= 0.6 is 0 Å². The summed E-state index contributed by atoms with van der Waals surface area (Å²) in [4.78, 5) is 19.0. The lowest BCUT2D eigenvalue weighted by atomic mass is 9.91. The molecule has 3 rings (SSSR count). The summed E-state index contributed by atoms with van der Waals surface area (Å²) in [5.74, 6) is -1.33. The lowest BCUT2D eigenvalue weighted by Gasteiger charge is -2.33. The van der Waals surface area contributed by atoms with Gasteiger partial charge < -0.3 is 10.1 Å². The van der Waals surface area contributed by atoms with Gasteiger partial charge >= 0.3 is 6.09 Å². The molecule has 26 heavy (non-hydrogen) atoms. The minimum Gasteiger partial charge on any atom is -0.443 e. The molecule has 0 aromatic heterocycles. The van der Waals surface area contributed by atoms with Gasteiger partial charge in [0.25, 0.3) is 0 Å². The van der Waals surface area contributed by atoms with E-state index in [1.807, 2.05) is 20.8 Å². The summed E-state index contributed by atoms with van der Waals surface area (Å²) >= 11 is 0. The molecule has 0 spiro atoms. The van der Waals surface area contributed by atoms with Crippen molar-refractivity contribution in [1.29, 1.82) is 0 Å². The van der Waals surface area contributed by atoms with Gasteiger partial charge in [0.1, 0.15) is 5.60 Å². The molecule has 7 heteroatoms. The van der Waals surface area contributed by atoms with Gasteiger partial charge in [-0.25, -0.2) is 23.5 Å². The first-order valence-electron chi connectivity index (χ1n) is 9.02. The number of hydrogen-bond donors (Lipinski definition) is 1. The summed E-state index contributed by atoms with van der Waals surface area (Å²) in [5.41, 5.74) is -0.0275. The molecule has 5 nitrogen and oxygen atoms in total. The number of nitrogens with zero attached hydrogens (tertiary/aromatic N) is 2. The maximum atomic E-state index is 13.4. The zero-order valence-corrected chi connectivity index (χ0v) is 15.4. The largest absolute Gasteiger partial charge is 0.443 e. The van der Waals surface area contributed by atoms with E-state index in [0.29, 0.717) is 11.5 Å². The molecule has 1 aromatic rings. The number of hydrogen-bond acceptors (Lipinski definition) is 4. The van der Waals surface area contributed by atoms with Gasteiger partial charge in [0.05, 0.1) is 12.1 Å². The molecule has 0 radical (unpaired) electrons. The highest BCUT2D eigenvalue weighted by molar-refractivity contribution is 5.96. The number of aliphatic imine (C=N–C) groups is 1. The summed E-state index contributed by atoms with van der Waals surface area (Å²) < 4.78 is 32.0. The summed E-state index contributed by atoms with van der Waals surface area (Å²) in [6.45, 7) is 5.72. The van der Waals surface area contributed by atoms with Crippen LogP contribution in [0.5, 0.6) is 0 Å². The predicted octanol–water partition coefficient (Wildman–Crippen LogP) is 3.97. The lowest BCUT2D eigenvalue weighted by molar-refractivity contribution is 0.0292. The van der Waals surface area contributed by atoms with Crippen LogP contribution in [0.2, 0.25) is 0 Å². The number of benzene rings is 1. The van der Waals surface area contributed by atoms with Crippen LogP contribution < -0.4 is 5.32 Å². The highest BCUT2D eigenvalue weighted by Gasteiger charge is 2.42. The van der Waals surface area contributed by atoms with E-state index in [0.717, 1.165) is 37.8 Å². The number of fused-ring (bicyclic) bond motifs is 1. The van der Waals surface area contributed by atoms with Gasteiger partial charge in [0.2, 0.25) is 5.96 Å². The molecule has 0 saturated heterocycles. The van der Waals surface area contributed by atoms with E-state index in [4.69, 9.17) is 4.74 Å². The van der Waals surface area contributed by atoms with Crippen molar-refractivity contribution in [2.45, 2.75) is 70.7 Å². The fourth-order valence-electron chi connectivity index (χ4n) is 3.41. The van der Waals surface area contributed by atoms with Gasteiger partial charge in [-0.1, -0.05) is 18.9 Å². The van der Waals surface area contributed by atoms with Crippen molar-refractivity contribution >= 4 is 12.1 Å². The van der Waals surface area contributed by atoms with Crippen LogP contribution in [0.1, 0.15) is 52.0 Å². The molecular weight excluding hydrogens is 340 g/mol. The second-order valence-corrected chi connectivity index (χ2v) is 7.82. The Labute approximate surface area is 152 Å². The average molecular weight is 365 g/mol. The molecule has 2 aliphatic rings. The fourth-order valence-corrected chi connectivity index (χ4v) is 3.41. The van der Waals surface area contributed by atoms with Crippen LogP contribution in [-0.2, 0) is 11.3 Å². The number of ether oxygens (including phenoxy) is 1. The Morgan fingerprint density at radius 3 is 2.69 bits per heavy atom. The molecule has 1 aromatic carbocycles. The first-order chi connectivity index (χ1) is 12.2. The van der Waals surface area contributed by atoms with Crippen LogP contribution in [-0.4, -0.2) is 34.6 Å². The number of guanidine groups is 1. The lowest BCUT2D eigenvalue weighted by Crippen LogP contribution is -2.50. The summed E-state index contributed by atoms with van der Waals surface area (Å²) in [6, 6.07) is 3.79. The monoisotopic (exact) mass is 365 g/mol. The Hall–Kier alpha value is -2.18. The molecule has 1 aliphatic heterocycles. The van der Waals surface area contributed by atoms with Gasteiger partial charge in [-0.3, -0.25) is 0 Å². The molecule has 142 valence electrons. The minimum absolute atomic E-state index is 0.00828. The Morgan fingerprint density at radius 2 is 2.00 bits per heavy atom. The number of amides is 1. The minimum atomic E-state index is -0.893. The molecule has 0 bridgehead atoms. The zero-order chi connectivity index (χ0) is 18.9. The highest BCUT2D eigenvalue weighted by Crippen LogP contribution is 2.31. The second kappa shape index (κ2) is 7.21. The Morgan fingerprint density at radius 1 is 1.27 bits per heavy atom. The van der Waals surface area contributed by atoms with Crippen LogP contribution in [0, 0.1) is 11.6 Å². The number of carbonyl (C=O) groups is 1. The summed E-state index contributed by atoms with van der Waals surface area (Å²) in [7, 11) is 0. The fraction of sp³-hybridized carbons (Fsp3) is 0.579. The Kier molecular flexibility index (Phi) is 5.16. The smallest absolute Gasteiger partial charge is 0.417 e. The second-order valence-electron chi connectivity index (χ2n) is 7.82. The molecule has 2 atom stereocenters. The van der Waals surface area contributed by atoms with Gasteiger partial charge in [-0.05, 0) is 51.3 Å². The number of carbonyl (C=O) groups excluding carboxylic acids is 1. The Balaban J connectivity index is 1.75. The topological polar surface area (TPSA) is 53.9 Å². The van der Waals surface area contributed by atoms with Gasteiger partial charge in [-0.15, -0.1) is 0 Å². The van der Waals surface area contributed by atoms with E-state index in [1.165, 1.54) is 6.07 Å². The third kappa shape index (κ3) is 4.14. The van der Waals surface area contributed by atoms with Crippen molar-refractivity contribution in [3.63, 3.8) is 0 Å². The van der Waals surface area contributed by atoms with Crippen molar-refractivity contribution in [2.75, 3.05) is 0 Å². The molecule has 1 aliphatic carbocycles. The third-order valence-corrected chi connectivity index (χ3v) is 4.57. The van der Waals surface area contributed by atoms with E-state index in [-0.39, 0.29) is 18.6 Å². The van der Waals surface area contributed by atoms with E-state index >= 15 is 0 Å². The first-order valence-corrected chi connectivity index (χ1v) is 9.02. The zero-order valence-electron chi connectivity index (χ0n) is 15.4. The van der Waals surface area contributed by atoms with Crippen LogP contribution in [0.3, 0.4) is 0 Å². The number of rotatable bonds is 2. The van der Waals surface area contributed by atoms with E-state index in [9.17, 15) is 13.6 Å². The maximum Gasteiger partial charge on any atom is 0.417 e. The van der Waals surface area contributed by atoms with Gasteiger partial charge in [0.15, 0.2) is 11.6 Å². The summed E-state index contributed by atoms with van der Waals surface area (Å²) in [5, 5.41) is 3.10. The van der Waals surface area contributed by atoms with Crippen LogP contribution in [0.4, 0.5) is 13.6 Å². The Bertz CT molecular complexity index is 715. The van der Waals surface area contributed by atoms with Gasteiger partial charge in [0, 0.05) is 6.54 Å². The highest BCUT2D eigenvalue weighted by atomic mass is 19.2. The third-order valence-electron chi connectivity index (χ3n) is 4.57. The summed E-state index contributed by atoms with van der Waals surface area (Å²) in [6.07, 6.45) is 3.52. The maximum absolute atomic E-state index is 13.4. The van der Waals surface area contributed by atoms with Crippen LogP contribution in [0.15, 0.2) is 23.2 Å². The van der Waals surface area contributed by atoms with Gasteiger partial charge in [-0.2, -0.15) is 0 Å². The normalized spacial score (nSPS) is 22.7. The molecule has 0 unspecified atom stereocenters. The van der Waals surface area contributed by atoms with E-state index < -0.39 is 23.3 Å². The average Bonchev–Trinajstić information content (AvgIpc) is 2.93. The van der Waals surface area contributed by atoms with Crippen molar-refractivity contribution in [3.05, 3.63) is 35.4 Å². The first kappa shape index (κ1) is 18.6. The predicted molar refractivity (Wildman–Crippen MR) is 94.7 cm³/mol. The standard InChI is InChI=1S/C19H25F2N3O2/c1-19(2,3)26-18(25)24-16-7-5-4-6-15(16)23-17(24)22-11-12-8-9-13(20)14(21)10-12/h8-10,15-16H,4-7,11H2,1-3H3,(H,22,23)/t15-,16+/m0/s1. The number of nitrogens with one attached hydrogen (secondary N) is 1. The van der Waals surface area contributed by atoms with Crippen molar-refractivity contribution < 1.29 is 18.3 Å². The quantitative estimate of drug-likeness (QED) is 0.863. The SMILES string of the molecule is CC(C)(C)OC(=O)N1C(NCc2ccc(F)c(F)c2)=N[C@H]2CCCC[C@H]21. The molecular formula is C19H25F2N3O2.